The summed E-state index contributed by atoms with van der Waals surface area (Å²) >= 11 is 3.37. The van der Waals surface area contributed by atoms with Crippen LogP contribution in [-0.4, -0.2) is 10.0 Å². The second-order valence-electron chi connectivity index (χ2n) is 4.93. The van der Waals surface area contributed by atoms with Gasteiger partial charge in [0.25, 0.3) is 11.4 Å². The van der Waals surface area contributed by atoms with Crippen LogP contribution in [-0.2, 0) is 7.05 Å². The van der Waals surface area contributed by atoms with Gasteiger partial charge in [0.1, 0.15) is 7.05 Å². The third-order valence-corrected chi connectivity index (χ3v) is 3.98. The number of rotatable bonds is 3. The molecule has 0 amide bonds. The summed E-state index contributed by atoms with van der Waals surface area (Å²) < 4.78 is 8.25. The smallest absolute Gasteiger partial charge is 0.413 e. The molecule has 0 saturated heterocycles. The van der Waals surface area contributed by atoms with E-state index in [-0.39, 0.29) is 17.3 Å². The van der Waals surface area contributed by atoms with Gasteiger partial charge in [-0.1, -0.05) is 15.9 Å². The molecule has 6 nitrogen and oxygen atoms in total. The van der Waals surface area contributed by atoms with Gasteiger partial charge in [0.05, 0.1) is 10.5 Å². The predicted molar refractivity (Wildman–Crippen MR) is 86.8 cm³/mol. The molecule has 7 heteroatoms. The van der Waals surface area contributed by atoms with Gasteiger partial charge in [0, 0.05) is 22.2 Å². The fourth-order valence-corrected chi connectivity index (χ4v) is 2.49. The highest BCUT2D eigenvalue weighted by molar-refractivity contribution is 9.10. The van der Waals surface area contributed by atoms with Gasteiger partial charge < -0.3 is 9.52 Å². The summed E-state index contributed by atoms with van der Waals surface area (Å²) in [6.07, 6.45) is 0. The molecule has 1 aromatic heterocycles. The number of oxazole rings is 1. The van der Waals surface area contributed by atoms with Crippen molar-refractivity contribution in [2.45, 2.75) is 0 Å². The Kier molecular flexibility index (Phi) is 3.87. The molecule has 0 aliphatic carbocycles. The Balaban J connectivity index is 2.06. The highest BCUT2D eigenvalue weighted by Gasteiger charge is 2.28. The van der Waals surface area contributed by atoms with Crippen LogP contribution in [0.2, 0.25) is 0 Å². The van der Waals surface area contributed by atoms with Crippen molar-refractivity contribution in [1.29, 1.82) is 0 Å². The van der Waals surface area contributed by atoms with Crippen LogP contribution in [0.1, 0.15) is 0 Å². The fraction of sp³-hybridized carbons (Fsp3) is 0.0625. The Morgan fingerprint density at radius 3 is 2.22 bits per heavy atom. The first kappa shape index (κ1) is 15.2. The second kappa shape index (κ2) is 5.85. The van der Waals surface area contributed by atoms with E-state index in [0.717, 1.165) is 10.0 Å². The van der Waals surface area contributed by atoms with Crippen molar-refractivity contribution in [2.24, 2.45) is 7.05 Å². The molecule has 0 atom stereocenters. The Morgan fingerprint density at radius 2 is 1.65 bits per heavy atom. The van der Waals surface area contributed by atoms with E-state index in [9.17, 15) is 15.2 Å². The fourth-order valence-electron chi connectivity index (χ4n) is 2.23. The van der Waals surface area contributed by atoms with Crippen molar-refractivity contribution in [3.05, 3.63) is 63.1 Å². The molecule has 1 heterocycles. The molecule has 23 heavy (non-hydrogen) atoms. The molecule has 0 aliphatic rings. The quantitative estimate of drug-likeness (QED) is 0.428. The van der Waals surface area contributed by atoms with E-state index in [4.69, 9.17) is 4.42 Å². The van der Waals surface area contributed by atoms with Gasteiger partial charge in [-0.15, -0.1) is 4.57 Å². The zero-order chi connectivity index (χ0) is 16.6. The first-order valence-corrected chi connectivity index (χ1v) is 7.49. The van der Waals surface area contributed by atoms with Crippen LogP contribution < -0.4 is 4.57 Å². The molecule has 0 spiro atoms. The summed E-state index contributed by atoms with van der Waals surface area (Å²) in [5.41, 5.74) is 1.35. The molecule has 3 rings (SSSR count). The molecule has 0 fully saturated rings. The van der Waals surface area contributed by atoms with E-state index in [2.05, 4.69) is 15.9 Å². The Hall–Kier alpha value is -2.67. The predicted octanol–water partition coefficient (Wildman–Crippen LogP) is 3.81. The minimum Gasteiger partial charge on any atom is -0.457 e. The van der Waals surface area contributed by atoms with Gasteiger partial charge >= 0.3 is 11.8 Å². The van der Waals surface area contributed by atoms with Gasteiger partial charge in [0.15, 0.2) is 0 Å². The monoisotopic (exact) mass is 375 g/mol. The summed E-state index contributed by atoms with van der Waals surface area (Å²) in [6.45, 7) is 0. The van der Waals surface area contributed by atoms with Crippen LogP contribution in [0.3, 0.4) is 0 Å². The SMILES string of the molecule is C[n+]1c(-c2ccc(Br)cc2)oc(-c2ccc([N+](=O)[O-])cc2)c1O. The van der Waals surface area contributed by atoms with Crippen LogP contribution in [0.4, 0.5) is 5.69 Å². The van der Waals surface area contributed by atoms with Crippen molar-refractivity contribution >= 4 is 21.6 Å². The first-order valence-electron chi connectivity index (χ1n) is 6.70. The number of nitro groups is 1. The molecule has 0 unspecified atom stereocenters. The molecule has 0 bridgehead atoms. The summed E-state index contributed by atoms with van der Waals surface area (Å²) in [5.74, 6) is 0.709. The summed E-state index contributed by atoms with van der Waals surface area (Å²) in [7, 11) is 1.69. The molecule has 116 valence electrons. The molecule has 0 aliphatic heterocycles. The zero-order valence-electron chi connectivity index (χ0n) is 12.1. The highest BCUT2D eigenvalue weighted by Crippen LogP contribution is 2.33. The van der Waals surface area contributed by atoms with E-state index >= 15 is 0 Å². The lowest BCUT2D eigenvalue weighted by atomic mass is 10.1. The minimum atomic E-state index is -0.473. The van der Waals surface area contributed by atoms with E-state index < -0.39 is 4.92 Å². The third kappa shape index (κ3) is 2.83. The standard InChI is InChI=1S/C16H11BrN2O4/c1-18-15(20)14(10-4-8-13(9-5-10)19(21)22)23-16(18)11-2-6-12(17)7-3-11/h2-9H,1H3/p+1. The topological polar surface area (TPSA) is 80.4 Å². The first-order chi connectivity index (χ1) is 11.0. The Bertz CT molecular complexity index is 870. The lowest BCUT2D eigenvalue weighted by Crippen LogP contribution is -2.27. The minimum absolute atomic E-state index is 0.0164. The second-order valence-corrected chi connectivity index (χ2v) is 5.85. The number of benzene rings is 2. The van der Waals surface area contributed by atoms with E-state index in [1.165, 1.54) is 16.7 Å². The highest BCUT2D eigenvalue weighted by atomic mass is 79.9. The van der Waals surface area contributed by atoms with Crippen LogP contribution >= 0.6 is 15.9 Å². The summed E-state index contributed by atoms with van der Waals surface area (Å²) in [5, 5.41) is 21.0. The molecular weight excluding hydrogens is 364 g/mol. The molecule has 2 aromatic carbocycles. The van der Waals surface area contributed by atoms with Crippen molar-refractivity contribution in [3.8, 4) is 28.7 Å². The maximum atomic E-state index is 10.7. The van der Waals surface area contributed by atoms with Crippen molar-refractivity contribution in [3.63, 3.8) is 0 Å². The van der Waals surface area contributed by atoms with Crippen molar-refractivity contribution < 1.29 is 19.0 Å². The number of halogens is 1. The number of non-ortho nitro benzene ring substituents is 1. The Labute approximate surface area is 139 Å². The normalized spacial score (nSPS) is 10.7. The van der Waals surface area contributed by atoms with Crippen LogP contribution in [0, 0.1) is 10.1 Å². The van der Waals surface area contributed by atoms with Crippen LogP contribution in [0.5, 0.6) is 5.88 Å². The molecule has 3 aromatic rings. The van der Waals surface area contributed by atoms with E-state index in [0.29, 0.717) is 11.5 Å². The molecule has 0 radical (unpaired) electrons. The average Bonchev–Trinajstić information content (AvgIpc) is 2.84. The van der Waals surface area contributed by atoms with E-state index in [1.54, 1.807) is 19.2 Å². The number of aromatic hydroxyl groups is 1. The maximum absolute atomic E-state index is 10.7. The average molecular weight is 376 g/mol. The number of nitrogens with zero attached hydrogens (tertiary/aromatic N) is 2. The third-order valence-electron chi connectivity index (χ3n) is 3.46. The van der Waals surface area contributed by atoms with Crippen molar-refractivity contribution in [2.75, 3.05) is 0 Å². The number of aromatic nitrogens is 1. The van der Waals surface area contributed by atoms with Crippen LogP contribution in [0.15, 0.2) is 57.4 Å². The number of hydrogen-bond acceptors (Lipinski definition) is 4. The molecular formula is C16H12BrN2O4+. The zero-order valence-corrected chi connectivity index (χ0v) is 13.6. The molecule has 0 saturated carbocycles. The lowest BCUT2D eigenvalue weighted by molar-refractivity contribution is -0.668. The number of nitro benzene ring substituents is 1. The van der Waals surface area contributed by atoms with Gasteiger partial charge in [-0.05, 0) is 36.4 Å². The maximum Gasteiger partial charge on any atom is 0.413 e. The van der Waals surface area contributed by atoms with Crippen LogP contribution in [0.25, 0.3) is 22.8 Å². The molecule has 1 N–H and O–H groups in total. The van der Waals surface area contributed by atoms with Gasteiger partial charge in [-0.3, -0.25) is 10.1 Å². The van der Waals surface area contributed by atoms with E-state index in [1.807, 2.05) is 24.3 Å². The van der Waals surface area contributed by atoms with Crippen molar-refractivity contribution in [1.82, 2.24) is 0 Å². The Morgan fingerprint density at radius 1 is 1.09 bits per heavy atom. The summed E-state index contributed by atoms with van der Waals surface area (Å²) in [6, 6.07) is 13.3. The largest absolute Gasteiger partial charge is 0.457 e. The lowest BCUT2D eigenvalue weighted by Gasteiger charge is -1.95. The summed E-state index contributed by atoms with van der Waals surface area (Å²) in [4.78, 5) is 10.2. The van der Waals surface area contributed by atoms with Gasteiger partial charge in [-0.2, -0.15) is 0 Å². The van der Waals surface area contributed by atoms with Gasteiger partial charge in [-0.25, -0.2) is 0 Å². The van der Waals surface area contributed by atoms with Gasteiger partial charge in [0.2, 0.25) is 0 Å². The number of hydrogen-bond donors (Lipinski definition) is 1.